The molecule has 5 rings (SSSR count). The Bertz CT molecular complexity index is 1280. The Balaban J connectivity index is 0.000000270. The van der Waals surface area contributed by atoms with E-state index in [9.17, 15) is 10.1 Å². The zero-order chi connectivity index (χ0) is 28.4. The molecule has 0 spiro atoms. The van der Waals surface area contributed by atoms with E-state index in [2.05, 4.69) is 22.3 Å². The summed E-state index contributed by atoms with van der Waals surface area (Å²) < 4.78 is 11.1. The zero-order valence-electron chi connectivity index (χ0n) is 22.5. The van der Waals surface area contributed by atoms with Crippen molar-refractivity contribution in [2.75, 3.05) is 25.4 Å². The van der Waals surface area contributed by atoms with Crippen LogP contribution in [0.15, 0.2) is 40.9 Å². The lowest BCUT2D eigenvalue weighted by Gasteiger charge is -2.35. The Kier molecular flexibility index (Phi) is 11.3. The molecule has 0 radical (unpaired) electrons. The molecule has 2 heterocycles. The van der Waals surface area contributed by atoms with E-state index in [4.69, 9.17) is 24.6 Å². The summed E-state index contributed by atoms with van der Waals surface area (Å²) in [5.74, 6) is 1.89. The largest absolute Gasteiger partial charge is 0.490 e. The highest BCUT2D eigenvalue weighted by molar-refractivity contribution is 7.97. The molecule has 1 aromatic heterocycles. The smallest absolute Gasteiger partial charge is 0.258 e. The van der Waals surface area contributed by atoms with Gasteiger partial charge in [-0.1, -0.05) is 35.3 Å². The summed E-state index contributed by atoms with van der Waals surface area (Å²) in [6, 6.07) is 13.8. The van der Waals surface area contributed by atoms with Crippen LogP contribution in [0.2, 0.25) is 0 Å². The van der Waals surface area contributed by atoms with Crippen LogP contribution in [0.1, 0.15) is 43.9 Å². The fourth-order valence-corrected chi connectivity index (χ4v) is 4.53. The van der Waals surface area contributed by atoms with Gasteiger partial charge in [-0.3, -0.25) is 9.93 Å². The second kappa shape index (κ2) is 14.6. The zero-order valence-corrected chi connectivity index (χ0v) is 23.3. The molecule has 10 nitrogen and oxygen atoms in total. The van der Waals surface area contributed by atoms with Crippen molar-refractivity contribution in [3.8, 4) is 34.7 Å². The fourth-order valence-electron chi connectivity index (χ4n) is 4.21. The van der Waals surface area contributed by atoms with Crippen LogP contribution < -0.4 is 9.88 Å². The summed E-state index contributed by atoms with van der Waals surface area (Å²) in [5.41, 5.74) is 4.89. The summed E-state index contributed by atoms with van der Waals surface area (Å²) >= 11 is 1.02. The van der Waals surface area contributed by atoms with Crippen molar-refractivity contribution in [3.63, 3.8) is 0 Å². The minimum Gasteiger partial charge on any atom is -0.490 e. The van der Waals surface area contributed by atoms with E-state index >= 15 is 0 Å². The standard InChI is InChI=1S/C21H19N3O2.C5H10N2O2S.C2H6O/c1-13(2)25-19-10-9-15(11-16(19)12-22)21-23-20(24-26-21)18-8-4-6-14-5-3-7-17(14)18;6-10-3-5(9)7-1-4(8)2-7;1-2-3/h4,6,8-11,13H,3,5,7H2,1-2H3;4,8H,1-3,6H2;3H,2H2,1H3. The van der Waals surface area contributed by atoms with Crippen molar-refractivity contribution >= 4 is 17.9 Å². The molecule has 2 aliphatic rings. The molecule has 1 aliphatic carbocycles. The number of hydrogen-bond donors (Lipinski definition) is 3. The minimum atomic E-state index is -0.313. The van der Waals surface area contributed by atoms with Crippen LogP contribution in [0, 0.1) is 11.3 Å². The fraction of sp³-hybridized carbons (Fsp3) is 0.429. The Labute approximate surface area is 232 Å². The highest BCUT2D eigenvalue weighted by Gasteiger charge is 2.28. The highest BCUT2D eigenvalue weighted by atomic mass is 32.2. The van der Waals surface area contributed by atoms with Crippen molar-refractivity contribution in [2.45, 2.75) is 52.2 Å². The summed E-state index contributed by atoms with van der Waals surface area (Å²) in [6.07, 6.45) is 3.01. The van der Waals surface area contributed by atoms with Crippen LogP contribution in [-0.2, 0) is 17.6 Å². The number of carbonyl (C=O) groups excluding carboxylic acids is 1. The molecule has 0 saturated carbocycles. The number of aromatic nitrogens is 2. The lowest BCUT2D eigenvalue weighted by Crippen LogP contribution is -2.54. The van der Waals surface area contributed by atoms with Gasteiger partial charge in [-0.25, -0.2) is 0 Å². The Morgan fingerprint density at radius 2 is 2.05 bits per heavy atom. The third kappa shape index (κ3) is 8.03. The first-order chi connectivity index (χ1) is 18.8. The van der Waals surface area contributed by atoms with E-state index in [1.54, 1.807) is 24.0 Å². The normalized spacial score (nSPS) is 13.8. The van der Waals surface area contributed by atoms with Gasteiger partial charge in [0, 0.05) is 30.8 Å². The number of likely N-dealkylation sites (tertiary alicyclic amines) is 1. The summed E-state index contributed by atoms with van der Waals surface area (Å²) in [7, 11) is 0. The van der Waals surface area contributed by atoms with Gasteiger partial charge in [0.2, 0.25) is 11.7 Å². The van der Waals surface area contributed by atoms with Gasteiger partial charge in [-0.05, 0) is 69.4 Å². The number of rotatable bonds is 6. The Hall–Kier alpha value is -3.43. The quantitative estimate of drug-likeness (QED) is 0.386. The van der Waals surface area contributed by atoms with Crippen molar-refractivity contribution in [2.24, 2.45) is 5.14 Å². The number of carbonyl (C=O) groups is 1. The number of aliphatic hydroxyl groups is 2. The van der Waals surface area contributed by atoms with Crippen LogP contribution in [0.3, 0.4) is 0 Å². The molecule has 2 aromatic carbocycles. The molecule has 0 atom stereocenters. The maximum Gasteiger partial charge on any atom is 0.258 e. The highest BCUT2D eigenvalue weighted by Crippen LogP contribution is 2.33. The lowest BCUT2D eigenvalue weighted by molar-refractivity contribution is -0.138. The van der Waals surface area contributed by atoms with Gasteiger partial charge < -0.3 is 24.4 Å². The number of β-amino-alcohol motifs (C(OH)–C–C–N with tert-alkyl or cyclic N) is 1. The number of nitriles is 1. The molecule has 0 bridgehead atoms. The Morgan fingerprint density at radius 3 is 2.69 bits per heavy atom. The molecule has 1 aliphatic heterocycles. The summed E-state index contributed by atoms with van der Waals surface area (Å²) in [6.45, 7) is 6.73. The number of hydrogen-bond acceptors (Lipinski definition) is 10. The van der Waals surface area contributed by atoms with Gasteiger partial charge >= 0.3 is 0 Å². The molecule has 1 fully saturated rings. The number of benzene rings is 2. The van der Waals surface area contributed by atoms with Gasteiger partial charge in [0.25, 0.3) is 5.89 Å². The van der Waals surface area contributed by atoms with Crippen molar-refractivity contribution in [3.05, 3.63) is 53.1 Å². The maximum absolute atomic E-state index is 10.9. The van der Waals surface area contributed by atoms with E-state index in [1.807, 2.05) is 32.0 Å². The summed E-state index contributed by atoms with van der Waals surface area (Å²) in [5, 5.41) is 35.0. The van der Waals surface area contributed by atoms with Crippen LogP contribution in [0.4, 0.5) is 0 Å². The Morgan fingerprint density at radius 1 is 1.31 bits per heavy atom. The first kappa shape index (κ1) is 30.1. The van der Waals surface area contributed by atoms with Crippen molar-refractivity contribution in [1.29, 1.82) is 5.26 Å². The van der Waals surface area contributed by atoms with E-state index in [0.29, 0.717) is 47.4 Å². The van der Waals surface area contributed by atoms with Crippen LogP contribution in [0.5, 0.6) is 5.75 Å². The van der Waals surface area contributed by atoms with Crippen LogP contribution in [0.25, 0.3) is 22.8 Å². The number of amides is 1. The van der Waals surface area contributed by atoms with Gasteiger partial charge in [0.15, 0.2) is 0 Å². The third-order valence-corrected chi connectivity index (χ3v) is 6.36. The number of fused-ring (bicyclic) bond motifs is 1. The molecule has 4 N–H and O–H groups in total. The van der Waals surface area contributed by atoms with Gasteiger partial charge in [0.1, 0.15) is 11.8 Å². The summed E-state index contributed by atoms with van der Waals surface area (Å²) in [4.78, 5) is 17.0. The van der Waals surface area contributed by atoms with Gasteiger partial charge in [-0.15, -0.1) is 0 Å². The number of nitrogens with two attached hydrogens (primary N) is 1. The number of ether oxygens (including phenoxy) is 1. The van der Waals surface area contributed by atoms with Crippen LogP contribution in [-0.4, -0.2) is 68.8 Å². The monoisotopic (exact) mass is 553 g/mol. The molecular formula is C28H35N5O5S. The number of aryl methyl sites for hydroxylation is 1. The predicted molar refractivity (Wildman–Crippen MR) is 150 cm³/mol. The number of aliphatic hydroxyl groups excluding tert-OH is 2. The third-order valence-electron chi connectivity index (χ3n) is 5.94. The molecule has 3 aromatic rings. The second-order valence-electron chi connectivity index (χ2n) is 9.29. The average molecular weight is 554 g/mol. The van der Waals surface area contributed by atoms with Gasteiger partial charge in [-0.2, -0.15) is 10.2 Å². The second-order valence-corrected chi connectivity index (χ2v) is 9.91. The van der Waals surface area contributed by atoms with Crippen molar-refractivity contribution < 1.29 is 24.3 Å². The van der Waals surface area contributed by atoms with E-state index < -0.39 is 0 Å². The first-order valence-corrected chi connectivity index (χ1v) is 13.9. The van der Waals surface area contributed by atoms with E-state index in [0.717, 1.165) is 30.4 Å². The average Bonchev–Trinajstić information content (AvgIpc) is 3.58. The van der Waals surface area contributed by atoms with E-state index in [-0.39, 0.29) is 24.7 Å². The van der Waals surface area contributed by atoms with E-state index in [1.165, 1.54) is 17.5 Å². The number of nitrogens with zero attached hydrogens (tertiary/aromatic N) is 4. The van der Waals surface area contributed by atoms with Crippen molar-refractivity contribution in [1.82, 2.24) is 15.0 Å². The molecule has 1 amide bonds. The molecule has 0 unspecified atom stereocenters. The van der Waals surface area contributed by atoms with Crippen LogP contribution >= 0.6 is 11.9 Å². The molecule has 39 heavy (non-hydrogen) atoms. The predicted octanol–water partition coefficient (Wildman–Crippen LogP) is 3.35. The SMILES string of the molecule is CC(C)Oc1ccc(-c2nc(-c3cccc4c3CCC4)no2)cc1C#N.CCO.NSCC(=O)N1CC(O)C1. The molecule has 11 heteroatoms. The molecule has 1 saturated heterocycles. The molecular weight excluding hydrogens is 518 g/mol. The first-order valence-electron chi connectivity index (χ1n) is 12.9. The minimum absolute atomic E-state index is 0.00290. The maximum atomic E-state index is 10.9. The van der Waals surface area contributed by atoms with Gasteiger partial charge in [0.05, 0.1) is 23.5 Å². The topological polar surface area (TPSA) is 159 Å². The molecule has 208 valence electrons. The lowest BCUT2D eigenvalue weighted by atomic mass is 10.0.